The second kappa shape index (κ2) is 7.89. The topological polar surface area (TPSA) is 92.8 Å². The van der Waals surface area contributed by atoms with E-state index < -0.39 is 22.0 Å². The van der Waals surface area contributed by atoms with Gasteiger partial charge in [-0.1, -0.05) is 0 Å². The van der Waals surface area contributed by atoms with Crippen molar-refractivity contribution >= 4 is 37.8 Å². The number of amides is 1. The van der Waals surface area contributed by atoms with Gasteiger partial charge in [0.1, 0.15) is 0 Å². The van der Waals surface area contributed by atoms with Gasteiger partial charge in [-0.2, -0.15) is 4.72 Å². The fraction of sp³-hybridized carbons (Fsp3) is 0.429. The highest BCUT2D eigenvalue weighted by atomic mass is 79.9. The number of benzene rings is 1. The molecule has 0 saturated heterocycles. The van der Waals surface area contributed by atoms with E-state index in [1.54, 1.807) is 6.92 Å². The Morgan fingerprint density at radius 3 is 2.43 bits per heavy atom. The predicted octanol–water partition coefficient (Wildman–Crippen LogP) is 1.38. The molecule has 0 aliphatic rings. The van der Waals surface area contributed by atoms with Crippen molar-refractivity contribution in [2.75, 3.05) is 20.7 Å². The van der Waals surface area contributed by atoms with Crippen LogP contribution in [0.5, 0.6) is 0 Å². The summed E-state index contributed by atoms with van der Waals surface area (Å²) in [4.78, 5) is 24.7. The van der Waals surface area contributed by atoms with Crippen LogP contribution in [0.1, 0.15) is 24.2 Å². The largest absolute Gasteiger partial charge is 0.462 e. The van der Waals surface area contributed by atoms with Crippen molar-refractivity contribution in [1.29, 1.82) is 0 Å². The summed E-state index contributed by atoms with van der Waals surface area (Å²) in [7, 11) is -0.842. The van der Waals surface area contributed by atoms with Gasteiger partial charge in [0.15, 0.2) is 0 Å². The Bertz CT molecular complexity index is 703. The van der Waals surface area contributed by atoms with Crippen LogP contribution >= 0.6 is 15.9 Å². The van der Waals surface area contributed by atoms with Crippen LogP contribution in [-0.2, 0) is 19.6 Å². The van der Waals surface area contributed by atoms with Crippen LogP contribution in [0.15, 0.2) is 27.6 Å². The van der Waals surface area contributed by atoms with Gasteiger partial charge in [-0.3, -0.25) is 4.79 Å². The Labute approximate surface area is 144 Å². The quantitative estimate of drug-likeness (QED) is 0.720. The van der Waals surface area contributed by atoms with E-state index in [4.69, 9.17) is 4.74 Å². The number of sulfonamides is 1. The summed E-state index contributed by atoms with van der Waals surface area (Å²) < 4.78 is 32.1. The zero-order valence-electron chi connectivity index (χ0n) is 13.3. The van der Waals surface area contributed by atoms with E-state index in [1.165, 1.54) is 44.1 Å². The Hall–Kier alpha value is -1.45. The molecule has 1 amide bonds. The van der Waals surface area contributed by atoms with Crippen LogP contribution in [0.25, 0.3) is 0 Å². The first-order valence-corrected chi connectivity index (χ1v) is 9.08. The van der Waals surface area contributed by atoms with Crippen LogP contribution in [-0.4, -0.2) is 51.9 Å². The monoisotopic (exact) mass is 406 g/mol. The minimum absolute atomic E-state index is 0.0658. The number of nitrogens with zero attached hydrogens (tertiary/aromatic N) is 1. The van der Waals surface area contributed by atoms with Gasteiger partial charge in [0, 0.05) is 18.6 Å². The first kappa shape index (κ1) is 19.6. The maximum atomic E-state index is 12.4. The van der Waals surface area contributed by atoms with E-state index in [-0.39, 0.29) is 27.4 Å². The van der Waals surface area contributed by atoms with Gasteiger partial charge >= 0.3 is 5.97 Å². The molecule has 0 aliphatic heterocycles. The number of likely N-dealkylation sites (N-methyl/N-ethyl adjacent to an activating group) is 1. The molecule has 0 radical (unpaired) electrons. The molecule has 9 heteroatoms. The maximum Gasteiger partial charge on any atom is 0.338 e. The summed E-state index contributed by atoms with van der Waals surface area (Å²) in [5.74, 6) is -0.908. The van der Waals surface area contributed by atoms with E-state index in [2.05, 4.69) is 20.7 Å². The second-order valence-corrected chi connectivity index (χ2v) is 7.48. The number of halogens is 1. The standard InChI is InChI=1S/C14H19BrN2O5S/c1-5-22-14(19)10-6-7-12(11(15)8-10)23(20,21)16-9(2)13(18)17(3)4/h6-9,16H,5H2,1-4H3/t9-/m0/s1. The van der Waals surface area contributed by atoms with E-state index in [1.807, 2.05) is 0 Å². The number of carbonyl (C=O) groups excluding carboxylic acids is 2. The Balaban J connectivity index is 3.06. The van der Waals surface area contributed by atoms with Gasteiger partial charge in [0.25, 0.3) is 0 Å². The SMILES string of the molecule is CCOC(=O)c1ccc(S(=O)(=O)N[C@@H](C)C(=O)N(C)C)c(Br)c1. The zero-order valence-corrected chi connectivity index (χ0v) is 15.7. The van der Waals surface area contributed by atoms with Crippen LogP contribution in [0.4, 0.5) is 0 Å². The molecule has 0 fully saturated rings. The number of hydrogen-bond acceptors (Lipinski definition) is 5. The van der Waals surface area contributed by atoms with E-state index in [0.717, 1.165) is 0 Å². The van der Waals surface area contributed by atoms with Crippen LogP contribution in [0, 0.1) is 0 Å². The molecule has 0 bridgehead atoms. The minimum Gasteiger partial charge on any atom is -0.462 e. The molecular weight excluding hydrogens is 388 g/mol. The highest BCUT2D eigenvalue weighted by molar-refractivity contribution is 9.10. The zero-order chi connectivity index (χ0) is 17.8. The lowest BCUT2D eigenvalue weighted by molar-refractivity contribution is -0.130. The van der Waals surface area contributed by atoms with E-state index in [0.29, 0.717) is 0 Å². The predicted molar refractivity (Wildman–Crippen MR) is 88.6 cm³/mol. The Morgan fingerprint density at radius 1 is 1.35 bits per heavy atom. The van der Waals surface area contributed by atoms with Crippen molar-refractivity contribution in [3.8, 4) is 0 Å². The molecule has 0 spiro atoms. The summed E-state index contributed by atoms with van der Waals surface area (Å²) in [5, 5.41) is 0. The third kappa shape index (κ3) is 5.02. The molecule has 7 nitrogen and oxygen atoms in total. The van der Waals surface area contributed by atoms with Crippen molar-refractivity contribution in [1.82, 2.24) is 9.62 Å². The molecule has 0 unspecified atom stereocenters. The molecule has 23 heavy (non-hydrogen) atoms. The number of nitrogens with one attached hydrogen (secondary N) is 1. The number of ether oxygens (including phenoxy) is 1. The summed E-state index contributed by atoms with van der Waals surface area (Å²) >= 11 is 3.14. The van der Waals surface area contributed by atoms with E-state index in [9.17, 15) is 18.0 Å². The highest BCUT2D eigenvalue weighted by Gasteiger charge is 2.25. The first-order chi connectivity index (χ1) is 10.6. The number of hydrogen-bond donors (Lipinski definition) is 1. The summed E-state index contributed by atoms with van der Waals surface area (Å²) in [6, 6.07) is 3.10. The van der Waals surface area contributed by atoms with Gasteiger partial charge in [0.2, 0.25) is 15.9 Å². The fourth-order valence-electron chi connectivity index (χ4n) is 1.79. The molecule has 1 N–H and O–H groups in total. The minimum atomic E-state index is -3.92. The number of esters is 1. The molecule has 1 atom stereocenters. The highest BCUT2D eigenvalue weighted by Crippen LogP contribution is 2.24. The molecule has 0 aliphatic carbocycles. The van der Waals surface area contributed by atoms with Crippen molar-refractivity contribution in [2.45, 2.75) is 24.8 Å². The average molecular weight is 407 g/mol. The normalized spacial score (nSPS) is 12.6. The summed E-state index contributed by atoms with van der Waals surface area (Å²) in [6.45, 7) is 3.36. The summed E-state index contributed by atoms with van der Waals surface area (Å²) in [5.41, 5.74) is 0.232. The third-order valence-electron chi connectivity index (χ3n) is 2.88. The second-order valence-electron chi connectivity index (χ2n) is 4.94. The van der Waals surface area contributed by atoms with Crippen molar-refractivity contribution in [3.05, 3.63) is 28.2 Å². The first-order valence-electron chi connectivity index (χ1n) is 6.80. The Kier molecular flexibility index (Phi) is 6.72. The van der Waals surface area contributed by atoms with Crippen molar-refractivity contribution < 1.29 is 22.7 Å². The molecule has 128 valence electrons. The third-order valence-corrected chi connectivity index (χ3v) is 5.39. The lowest BCUT2D eigenvalue weighted by Gasteiger charge is -2.18. The van der Waals surface area contributed by atoms with Gasteiger partial charge in [-0.05, 0) is 48.0 Å². The van der Waals surface area contributed by atoms with Gasteiger partial charge in [-0.15, -0.1) is 0 Å². The number of rotatable bonds is 6. The van der Waals surface area contributed by atoms with Gasteiger partial charge < -0.3 is 9.64 Å². The smallest absolute Gasteiger partial charge is 0.338 e. The molecule has 1 aromatic rings. The van der Waals surface area contributed by atoms with Gasteiger partial charge in [0.05, 0.1) is 23.1 Å². The summed E-state index contributed by atoms with van der Waals surface area (Å²) in [6.07, 6.45) is 0. The van der Waals surface area contributed by atoms with Crippen LogP contribution in [0.2, 0.25) is 0 Å². The van der Waals surface area contributed by atoms with Crippen LogP contribution in [0.3, 0.4) is 0 Å². The van der Waals surface area contributed by atoms with Crippen molar-refractivity contribution in [2.24, 2.45) is 0 Å². The van der Waals surface area contributed by atoms with Crippen LogP contribution < -0.4 is 4.72 Å². The van der Waals surface area contributed by atoms with E-state index >= 15 is 0 Å². The molecule has 1 rings (SSSR count). The molecular formula is C14H19BrN2O5S. The lowest BCUT2D eigenvalue weighted by atomic mass is 10.2. The molecule has 1 aromatic carbocycles. The average Bonchev–Trinajstić information content (AvgIpc) is 2.45. The van der Waals surface area contributed by atoms with Gasteiger partial charge in [-0.25, -0.2) is 13.2 Å². The molecule has 0 heterocycles. The maximum absolute atomic E-state index is 12.4. The lowest BCUT2D eigenvalue weighted by Crippen LogP contribution is -2.44. The molecule has 0 saturated carbocycles. The van der Waals surface area contributed by atoms with Crippen molar-refractivity contribution in [3.63, 3.8) is 0 Å². The fourth-order valence-corrected chi connectivity index (χ4v) is 4.07. The number of carbonyl (C=O) groups is 2. The molecule has 0 aromatic heterocycles. The Morgan fingerprint density at radius 2 is 1.96 bits per heavy atom.